The van der Waals surface area contributed by atoms with Gasteiger partial charge in [0.1, 0.15) is 0 Å². The largest absolute Gasteiger partial charge is 0.385 e. The van der Waals surface area contributed by atoms with E-state index in [1.54, 1.807) is 7.11 Å². The fourth-order valence-electron chi connectivity index (χ4n) is 3.81. The summed E-state index contributed by atoms with van der Waals surface area (Å²) in [5, 5.41) is 7.01. The Bertz CT molecular complexity index is 368. The van der Waals surface area contributed by atoms with Crippen molar-refractivity contribution in [2.75, 3.05) is 46.9 Å². The number of hydrogen-bond donors (Lipinski definition) is 2. The second kappa shape index (κ2) is 9.48. The van der Waals surface area contributed by atoms with Crippen LogP contribution in [0.2, 0.25) is 0 Å². The predicted molar refractivity (Wildman–Crippen MR) is 97.0 cm³/mol. The van der Waals surface area contributed by atoms with Crippen LogP contribution in [-0.2, 0) is 4.74 Å². The molecule has 2 N–H and O–H groups in total. The minimum atomic E-state index is 0.426. The Labute approximate surface area is 142 Å². The second-order valence-electron chi connectivity index (χ2n) is 7.33. The standard InChI is InChI=1S/C18H36N4O/c1-16-7-4-5-12-22(16)13-11-20-17(19-2)21-15-18(8-6-9-18)10-14-23-3/h16H,4-15H2,1-3H3,(H2,19,20,21). The summed E-state index contributed by atoms with van der Waals surface area (Å²) in [7, 11) is 3.66. The summed E-state index contributed by atoms with van der Waals surface area (Å²) in [6, 6.07) is 0.729. The van der Waals surface area contributed by atoms with Crippen LogP contribution in [0.1, 0.15) is 51.9 Å². The molecule has 1 saturated carbocycles. The van der Waals surface area contributed by atoms with E-state index in [0.29, 0.717) is 5.41 Å². The summed E-state index contributed by atoms with van der Waals surface area (Å²) >= 11 is 0. The van der Waals surface area contributed by atoms with Crippen LogP contribution in [0.4, 0.5) is 0 Å². The van der Waals surface area contributed by atoms with Crippen LogP contribution in [-0.4, -0.2) is 63.8 Å². The second-order valence-corrected chi connectivity index (χ2v) is 7.33. The molecule has 1 saturated heterocycles. The maximum atomic E-state index is 5.27. The van der Waals surface area contributed by atoms with E-state index < -0.39 is 0 Å². The van der Waals surface area contributed by atoms with Crippen LogP contribution in [0.3, 0.4) is 0 Å². The molecule has 2 rings (SSSR count). The van der Waals surface area contributed by atoms with Crippen molar-refractivity contribution in [1.29, 1.82) is 0 Å². The minimum absolute atomic E-state index is 0.426. The van der Waals surface area contributed by atoms with Gasteiger partial charge in [-0.15, -0.1) is 0 Å². The van der Waals surface area contributed by atoms with Gasteiger partial charge in [0.15, 0.2) is 5.96 Å². The molecule has 1 aliphatic carbocycles. The molecule has 0 amide bonds. The minimum Gasteiger partial charge on any atom is -0.385 e. The third-order valence-electron chi connectivity index (χ3n) is 5.74. The van der Waals surface area contributed by atoms with E-state index in [2.05, 4.69) is 27.4 Å². The van der Waals surface area contributed by atoms with Crippen molar-refractivity contribution in [2.45, 2.75) is 57.9 Å². The van der Waals surface area contributed by atoms with Gasteiger partial charge in [-0.2, -0.15) is 0 Å². The molecule has 0 aromatic heterocycles. The third kappa shape index (κ3) is 5.64. The van der Waals surface area contributed by atoms with Gasteiger partial charge in [0.2, 0.25) is 0 Å². The van der Waals surface area contributed by atoms with E-state index in [9.17, 15) is 0 Å². The molecule has 5 nitrogen and oxygen atoms in total. The molecule has 1 unspecified atom stereocenters. The molecule has 5 heteroatoms. The van der Waals surface area contributed by atoms with E-state index in [0.717, 1.165) is 44.7 Å². The molecule has 0 spiro atoms. The summed E-state index contributed by atoms with van der Waals surface area (Å²) in [6.45, 7) is 7.54. The summed E-state index contributed by atoms with van der Waals surface area (Å²) in [4.78, 5) is 6.97. The van der Waals surface area contributed by atoms with Crippen LogP contribution in [0.25, 0.3) is 0 Å². The Morgan fingerprint density at radius 1 is 1.26 bits per heavy atom. The number of guanidine groups is 1. The summed E-state index contributed by atoms with van der Waals surface area (Å²) in [5.74, 6) is 0.943. The number of methoxy groups -OCH3 is 1. The zero-order valence-corrected chi connectivity index (χ0v) is 15.4. The Balaban J connectivity index is 1.67. The van der Waals surface area contributed by atoms with E-state index in [1.807, 2.05) is 7.05 Å². The van der Waals surface area contributed by atoms with E-state index in [-0.39, 0.29) is 0 Å². The van der Waals surface area contributed by atoms with Gasteiger partial charge >= 0.3 is 0 Å². The zero-order valence-electron chi connectivity index (χ0n) is 15.4. The lowest BCUT2D eigenvalue weighted by molar-refractivity contribution is 0.0732. The zero-order chi connectivity index (χ0) is 16.5. The Morgan fingerprint density at radius 2 is 2.09 bits per heavy atom. The van der Waals surface area contributed by atoms with Crippen molar-refractivity contribution in [3.8, 4) is 0 Å². The lowest BCUT2D eigenvalue weighted by atomic mass is 9.67. The maximum Gasteiger partial charge on any atom is 0.191 e. The van der Waals surface area contributed by atoms with Crippen LogP contribution in [0, 0.1) is 5.41 Å². The maximum absolute atomic E-state index is 5.27. The number of rotatable bonds is 8. The third-order valence-corrected chi connectivity index (χ3v) is 5.74. The number of aliphatic imine (C=N–C) groups is 1. The number of nitrogens with one attached hydrogen (secondary N) is 2. The summed E-state index contributed by atoms with van der Waals surface area (Å²) < 4.78 is 5.27. The van der Waals surface area contributed by atoms with Crippen LogP contribution in [0.15, 0.2) is 4.99 Å². The summed E-state index contributed by atoms with van der Waals surface area (Å²) in [6.07, 6.45) is 9.20. The molecule has 0 radical (unpaired) electrons. The lowest BCUT2D eigenvalue weighted by Crippen LogP contribution is -2.49. The van der Waals surface area contributed by atoms with Crippen molar-refractivity contribution in [3.05, 3.63) is 0 Å². The predicted octanol–water partition coefficient (Wildman–Crippen LogP) is 2.23. The first-order valence-corrected chi connectivity index (χ1v) is 9.37. The molecule has 0 aromatic rings. The Hall–Kier alpha value is -0.810. The molecule has 2 fully saturated rings. The summed E-state index contributed by atoms with van der Waals surface area (Å²) in [5.41, 5.74) is 0.426. The Morgan fingerprint density at radius 3 is 2.70 bits per heavy atom. The molecule has 1 heterocycles. The quantitative estimate of drug-likeness (QED) is 0.531. The van der Waals surface area contributed by atoms with Gasteiger partial charge < -0.3 is 15.4 Å². The van der Waals surface area contributed by atoms with E-state index in [1.165, 1.54) is 45.1 Å². The SMILES string of the molecule is CN=C(NCCN1CCCCC1C)NCC1(CCOC)CCC1. The topological polar surface area (TPSA) is 48.9 Å². The molecule has 23 heavy (non-hydrogen) atoms. The molecule has 2 aliphatic rings. The highest BCUT2D eigenvalue weighted by atomic mass is 16.5. The van der Waals surface area contributed by atoms with Gasteiger partial charge in [-0.25, -0.2) is 0 Å². The van der Waals surface area contributed by atoms with Crippen molar-refractivity contribution >= 4 is 5.96 Å². The molecule has 0 bridgehead atoms. The molecule has 1 atom stereocenters. The van der Waals surface area contributed by atoms with Crippen molar-refractivity contribution in [2.24, 2.45) is 10.4 Å². The normalized spacial score (nSPS) is 25.0. The van der Waals surface area contributed by atoms with Crippen LogP contribution >= 0.6 is 0 Å². The van der Waals surface area contributed by atoms with Gasteiger partial charge in [0, 0.05) is 46.4 Å². The average molecular weight is 325 g/mol. The van der Waals surface area contributed by atoms with Gasteiger partial charge in [0.05, 0.1) is 0 Å². The van der Waals surface area contributed by atoms with E-state index in [4.69, 9.17) is 4.74 Å². The van der Waals surface area contributed by atoms with Gasteiger partial charge in [-0.05, 0) is 51.0 Å². The van der Waals surface area contributed by atoms with E-state index >= 15 is 0 Å². The van der Waals surface area contributed by atoms with Gasteiger partial charge in [-0.3, -0.25) is 9.89 Å². The van der Waals surface area contributed by atoms with Crippen LogP contribution < -0.4 is 10.6 Å². The highest BCUT2D eigenvalue weighted by Gasteiger charge is 2.36. The first kappa shape index (κ1) is 18.5. The number of ether oxygens (including phenoxy) is 1. The molecule has 0 aromatic carbocycles. The van der Waals surface area contributed by atoms with Crippen molar-refractivity contribution in [1.82, 2.24) is 15.5 Å². The number of hydrogen-bond acceptors (Lipinski definition) is 3. The molecule has 134 valence electrons. The Kier molecular flexibility index (Phi) is 7.63. The number of likely N-dealkylation sites (tertiary alicyclic amines) is 1. The average Bonchev–Trinajstić information content (AvgIpc) is 2.53. The molecular formula is C18H36N4O. The highest BCUT2D eigenvalue weighted by molar-refractivity contribution is 5.79. The first-order valence-electron chi connectivity index (χ1n) is 9.37. The molecular weight excluding hydrogens is 288 g/mol. The first-order chi connectivity index (χ1) is 11.2. The monoisotopic (exact) mass is 324 g/mol. The van der Waals surface area contributed by atoms with Crippen LogP contribution in [0.5, 0.6) is 0 Å². The number of piperidine rings is 1. The molecule has 1 aliphatic heterocycles. The fraction of sp³-hybridized carbons (Fsp3) is 0.944. The highest BCUT2D eigenvalue weighted by Crippen LogP contribution is 2.43. The number of nitrogens with zero attached hydrogens (tertiary/aromatic N) is 2. The lowest BCUT2D eigenvalue weighted by Gasteiger charge is -2.42. The fourth-order valence-corrected chi connectivity index (χ4v) is 3.81. The van der Waals surface area contributed by atoms with Crippen molar-refractivity contribution < 1.29 is 4.74 Å². The smallest absolute Gasteiger partial charge is 0.191 e. The van der Waals surface area contributed by atoms with Gasteiger partial charge in [-0.1, -0.05) is 12.8 Å². The van der Waals surface area contributed by atoms with Gasteiger partial charge in [0.25, 0.3) is 0 Å². The van der Waals surface area contributed by atoms with Crippen molar-refractivity contribution in [3.63, 3.8) is 0 Å².